The Kier molecular flexibility index (Phi) is 10.8. The highest BCUT2D eigenvalue weighted by Crippen LogP contribution is 2.44. The molecule has 0 N–H and O–H groups in total. The molecular formula is C35H37ClN2O9S. The molecule has 48 heavy (non-hydrogen) atoms. The second-order valence-corrected chi connectivity index (χ2v) is 13.8. The number of halogens is 1. The molecule has 0 spiro atoms. The average molecular weight is 697 g/mol. The van der Waals surface area contributed by atoms with E-state index in [-0.39, 0.29) is 36.4 Å². The molecule has 0 amide bonds. The van der Waals surface area contributed by atoms with Crippen LogP contribution in [-0.2, 0) is 33.3 Å². The van der Waals surface area contributed by atoms with Crippen molar-refractivity contribution < 1.29 is 37.0 Å². The molecule has 1 aliphatic heterocycles. The molecule has 0 aliphatic carbocycles. The molecule has 254 valence electrons. The fourth-order valence-electron chi connectivity index (χ4n) is 5.79. The Labute approximate surface area is 285 Å². The maximum atomic E-state index is 14.2. The molecule has 0 saturated carbocycles. The minimum atomic E-state index is -4.25. The van der Waals surface area contributed by atoms with Crippen LogP contribution in [0.25, 0.3) is 0 Å². The summed E-state index contributed by atoms with van der Waals surface area (Å²) in [6.07, 6.45) is 0.160. The normalized spacial score (nSPS) is 16.5. The number of nitro groups is 1. The molecule has 1 aliphatic rings. The Bertz CT molecular complexity index is 1800. The van der Waals surface area contributed by atoms with Gasteiger partial charge in [0.15, 0.2) is 5.75 Å². The zero-order valence-corrected chi connectivity index (χ0v) is 28.6. The zero-order chi connectivity index (χ0) is 34.5. The van der Waals surface area contributed by atoms with Crippen LogP contribution in [0.5, 0.6) is 23.0 Å². The minimum Gasteiger partial charge on any atom is -0.497 e. The molecule has 4 aromatic rings. The van der Waals surface area contributed by atoms with Crippen molar-refractivity contribution in [2.75, 3.05) is 34.5 Å². The second-order valence-electron chi connectivity index (χ2n) is 11.4. The quantitative estimate of drug-likeness (QED) is 0.103. The van der Waals surface area contributed by atoms with Crippen LogP contribution in [0, 0.1) is 10.1 Å². The highest BCUT2D eigenvalue weighted by molar-refractivity contribution is 7.89. The van der Waals surface area contributed by atoms with E-state index >= 15 is 0 Å². The van der Waals surface area contributed by atoms with Gasteiger partial charge in [0.25, 0.3) is 0 Å². The molecule has 13 heteroatoms. The van der Waals surface area contributed by atoms with E-state index in [2.05, 4.69) is 0 Å². The third kappa shape index (κ3) is 7.36. The fraction of sp³-hybridized carbons (Fsp3) is 0.314. The number of nitrogens with zero attached hydrogens (tertiary/aromatic N) is 2. The second kappa shape index (κ2) is 14.8. The number of methoxy groups -OCH3 is 3. The van der Waals surface area contributed by atoms with Crippen molar-refractivity contribution in [3.8, 4) is 23.0 Å². The highest BCUT2D eigenvalue weighted by Gasteiger charge is 2.44. The van der Waals surface area contributed by atoms with E-state index in [0.717, 1.165) is 11.6 Å². The smallest absolute Gasteiger partial charge is 0.312 e. The van der Waals surface area contributed by atoms with E-state index in [9.17, 15) is 18.5 Å². The summed E-state index contributed by atoms with van der Waals surface area (Å²) in [6, 6.07) is 23.1. The van der Waals surface area contributed by atoms with Gasteiger partial charge in [-0.05, 0) is 73.0 Å². The van der Waals surface area contributed by atoms with Gasteiger partial charge in [0.1, 0.15) is 23.9 Å². The predicted molar refractivity (Wildman–Crippen MR) is 181 cm³/mol. The topological polar surface area (TPSA) is 127 Å². The summed E-state index contributed by atoms with van der Waals surface area (Å²) in [5, 5.41) is 12.9. The lowest BCUT2D eigenvalue weighted by molar-refractivity contribution is -0.386. The van der Waals surface area contributed by atoms with Gasteiger partial charge in [-0.1, -0.05) is 41.9 Å². The maximum Gasteiger partial charge on any atom is 0.312 e. The van der Waals surface area contributed by atoms with Crippen molar-refractivity contribution >= 4 is 27.3 Å². The Balaban J connectivity index is 1.48. The Morgan fingerprint density at radius 3 is 2.06 bits per heavy atom. The van der Waals surface area contributed by atoms with Crippen molar-refractivity contribution in [3.63, 3.8) is 0 Å². The lowest BCUT2D eigenvalue weighted by atomic mass is 9.72. The fourth-order valence-corrected chi connectivity index (χ4v) is 7.39. The minimum absolute atomic E-state index is 0.00727. The Morgan fingerprint density at radius 2 is 1.52 bits per heavy atom. The lowest BCUT2D eigenvalue weighted by Crippen LogP contribution is -2.47. The van der Waals surface area contributed by atoms with Crippen LogP contribution in [-0.4, -0.2) is 58.3 Å². The summed E-state index contributed by atoms with van der Waals surface area (Å²) in [4.78, 5) is 11.5. The molecular weight excluding hydrogens is 660 g/mol. The van der Waals surface area contributed by atoms with Gasteiger partial charge in [-0.3, -0.25) is 10.1 Å². The summed E-state index contributed by atoms with van der Waals surface area (Å²) in [5.41, 5.74) is 1.02. The molecule has 0 aromatic heterocycles. The van der Waals surface area contributed by atoms with Crippen LogP contribution in [0.1, 0.15) is 30.0 Å². The van der Waals surface area contributed by atoms with Gasteiger partial charge >= 0.3 is 5.69 Å². The number of sulfonamides is 1. The van der Waals surface area contributed by atoms with E-state index in [0.29, 0.717) is 46.4 Å². The third-order valence-electron chi connectivity index (χ3n) is 8.70. The van der Waals surface area contributed by atoms with E-state index in [1.54, 1.807) is 82.0 Å². The van der Waals surface area contributed by atoms with Gasteiger partial charge in [0, 0.05) is 36.9 Å². The van der Waals surface area contributed by atoms with Crippen LogP contribution in [0.15, 0.2) is 89.8 Å². The van der Waals surface area contributed by atoms with E-state index in [1.807, 2.05) is 13.0 Å². The molecule has 0 saturated heterocycles. The number of benzene rings is 4. The summed E-state index contributed by atoms with van der Waals surface area (Å²) in [7, 11) is 0.433. The zero-order valence-electron chi connectivity index (χ0n) is 27.1. The molecule has 0 fully saturated rings. The highest BCUT2D eigenvalue weighted by atomic mass is 35.5. The van der Waals surface area contributed by atoms with Crippen LogP contribution in [0.4, 0.5) is 5.69 Å². The van der Waals surface area contributed by atoms with E-state index in [4.69, 9.17) is 35.3 Å². The van der Waals surface area contributed by atoms with E-state index < -0.39 is 26.0 Å². The first-order valence-corrected chi connectivity index (χ1v) is 17.0. The first-order chi connectivity index (χ1) is 23.0. The van der Waals surface area contributed by atoms with Crippen molar-refractivity contribution in [2.24, 2.45) is 0 Å². The Morgan fingerprint density at radius 1 is 0.917 bits per heavy atom. The van der Waals surface area contributed by atoms with Gasteiger partial charge < -0.3 is 23.7 Å². The summed E-state index contributed by atoms with van der Waals surface area (Å²) in [5.74, 6) is 1.78. The first-order valence-electron chi connectivity index (χ1n) is 15.1. The predicted octanol–water partition coefficient (Wildman–Crippen LogP) is 6.79. The SMILES string of the molecule is COc1ccc(CN(Cc2ccc(OC)cc2)S(=O)(=O)c2ccc(OC[C@@]3(C(C)OC)CCOc4cc(Cl)ccc43)c([N+](=O)[O-])c2)cc1. The number of fused-ring (bicyclic) bond motifs is 1. The van der Waals surface area contributed by atoms with Crippen LogP contribution in [0.3, 0.4) is 0 Å². The molecule has 11 nitrogen and oxygen atoms in total. The lowest BCUT2D eigenvalue weighted by Gasteiger charge is -2.42. The van der Waals surface area contributed by atoms with Crippen molar-refractivity contribution in [2.45, 2.75) is 42.8 Å². The average Bonchev–Trinajstić information content (AvgIpc) is 3.10. The first kappa shape index (κ1) is 35.0. The Hall–Kier alpha value is -4.36. The van der Waals surface area contributed by atoms with Gasteiger partial charge in [0.2, 0.25) is 10.0 Å². The van der Waals surface area contributed by atoms with Crippen molar-refractivity contribution in [1.29, 1.82) is 0 Å². The number of nitro benzene ring substituents is 1. The maximum absolute atomic E-state index is 14.2. The number of rotatable bonds is 14. The van der Waals surface area contributed by atoms with Gasteiger partial charge in [-0.15, -0.1) is 0 Å². The molecule has 5 rings (SSSR count). The van der Waals surface area contributed by atoms with E-state index in [1.165, 1.54) is 16.4 Å². The molecule has 0 radical (unpaired) electrons. The number of ether oxygens (including phenoxy) is 5. The van der Waals surface area contributed by atoms with Crippen LogP contribution in [0.2, 0.25) is 5.02 Å². The molecule has 4 aromatic carbocycles. The van der Waals surface area contributed by atoms with Gasteiger partial charge in [-0.25, -0.2) is 8.42 Å². The third-order valence-corrected chi connectivity index (χ3v) is 10.7. The summed E-state index contributed by atoms with van der Waals surface area (Å²) >= 11 is 6.22. The number of hydrogen-bond acceptors (Lipinski definition) is 9. The summed E-state index contributed by atoms with van der Waals surface area (Å²) < 4.78 is 57.9. The standard InChI is InChI=1S/C35H37ClN2O9S/c1-24(43-2)35(17-18-46-34-19-27(36)9-15-31(34)35)23-47-33-16-14-30(20-32(33)38(39)40)48(41,42)37(21-25-5-10-28(44-3)11-6-25)22-26-7-12-29(45-4)13-8-26/h5-16,19-20,24H,17-18,21-23H2,1-4H3/t24?,35-/m1/s1. The van der Waals surface area contributed by atoms with Crippen LogP contribution < -0.4 is 18.9 Å². The van der Waals surface area contributed by atoms with Gasteiger partial charge in [-0.2, -0.15) is 4.31 Å². The molecule has 1 heterocycles. The monoisotopic (exact) mass is 696 g/mol. The van der Waals surface area contributed by atoms with Crippen LogP contribution >= 0.6 is 11.6 Å². The van der Waals surface area contributed by atoms with Crippen molar-refractivity contribution in [3.05, 3.63) is 117 Å². The summed E-state index contributed by atoms with van der Waals surface area (Å²) in [6.45, 7) is 2.29. The molecule has 0 bridgehead atoms. The number of hydrogen-bond donors (Lipinski definition) is 0. The van der Waals surface area contributed by atoms with Crippen molar-refractivity contribution in [1.82, 2.24) is 4.31 Å². The molecule has 2 atom stereocenters. The van der Waals surface area contributed by atoms with Gasteiger partial charge in [0.05, 0.1) is 42.2 Å². The largest absolute Gasteiger partial charge is 0.497 e. The molecule has 1 unspecified atom stereocenters.